The van der Waals surface area contributed by atoms with Crippen molar-refractivity contribution >= 4 is 35.0 Å². The highest BCUT2D eigenvalue weighted by Crippen LogP contribution is 2.32. The summed E-state index contributed by atoms with van der Waals surface area (Å²) < 4.78 is 8.02. The molecule has 9 heteroatoms. The van der Waals surface area contributed by atoms with Gasteiger partial charge in [-0.15, -0.1) is 0 Å². The van der Waals surface area contributed by atoms with Gasteiger partial charge in [0, 0.05) is 23.3 Å². The molecule has 1 aromatic heterocycles. The Bertz CT molecular complexity index is 1470. The fraction of sp³-hybridized carbons (Fsp3) is 0.258. The molecule has 0 bridgehead atoms. The molecule has 208 valence electrons. The van der Waals surface area contributed by atoms with Crippen molar-refractivity contribution in [2.75, 3.05) is 6.54 Å². The molecule has 0 aliphatic rings. The summed E-state index contributed by atoms with van der Waals surface area (Å²) in [5.41, 5.74) is 2.78. The van der Waals surface area contributed by atoms with E-state index in [2.05, 4.69) is 16.8 Å². The molecule has 1 heterocycles. The number of carboxylic acid groups (broad SMARTS) is 1. The fourth-order valence-corrected chi connectivity index (χ4v) is 4.80. The number of hydrogen-bond donors (Lipinski definition) is 2. The topological polar surface area (TPSA) is 93.5 Å². The average molecular weight is 581 g/mol. The zero-order valence-corrected chi connectivity index (χ0v) is 23.9. The molecule has 0 aliphatic carbocycles. The first kappa shape index (κ1) is 29.3. The van der Waals surface area contributed by atoms with E-state index in [0.717, 1.165) is 42.0 Å². The molecule has 7 nitrogen and oxygen atoms in total. The van der Waals surface area contributed by atoms with E-state index in [9.17, 15) is 9.59 Å². The number of carbonyl (C=O) groups excluding carboxylic acids is 1. The summed E-state index contributed by atoms with van der Waals surface area (Å²) in [6, 6.07) is 19.1. The summed E-state index contributed by atoms with van der Waals surface area (Å²) in [5, 5.41) is 13.6. The predicted molar refractivity (Wildman–Crippen MR) is 158 cm³/mol. The molecular weight excluding hydrogens is 549 g/mol. The Morgan fingerprint density at radius 3 is 2.30 bits per heavy atom. The molecule has 0 radical (unpaired) electrons. The van der Waals surface area contributed by atoms with E-state index in [1.54, 1.807) is 31.2 Å². The van der Waals surface area contributed by atoms with Gasteiger partial charge in [0.15, 0.2) is 0 Å². The molecule has 0 fully saturated rings. The van der Waals surface area contributed by atoms with E-state index in [1.165, 1.54) is 12.1 Å². The molecule has 0 saturated carbocycles. The number of aromatic carboxylic acids is 1. The Morgan fingerprint density at radius 2 is 1.70 bits per heavy atom. The summed E-state index contributed by atoms with van der Waals surface area (Å²) in [6.07, 6.45) is 4.61. The number of imidazole rings is 1. The number of nitrogens with one attached hydrogen (secondary N) is 1. The predicted octanol–water partition coefficient (Wildman–Crippen LogP) is 7.61. The second kappa shape index (κ2) is 13.6. The Morgan fingerprint density at radius 1 is 1.02 bits per heavy atom. The number of aromatic nitrogens is 2. The third-order valence-corrected chi connectivity index (χ3v) is 6.92. The van der Waals surface area contributed by atoms with Crippen LogP contribution in [0.1, 0.15) is 54.5 Å². The number of aryl methyl sites for hydroxylation is 1. The van der Waals surface area contributed by atoms with Gasteiger partial charge in [0.2, 0.25) is 0 Å². The number of Topliss-reactive ketones (excluding diaryl/α,β-unsaturated/α-hetero) is 1. The normalized spacial score (nSPS) is 11.8. The van der Waals surface area contributed by atoms with Gasteiger partial charge < -0.3 is 19.7 Å². The van der Waals surface area contributed by atoms with Crippen molar-refractivity contribution in [3.05, 3.63) is 99.9 Å². The van der Waals surface area contributed by atoms with Crippen LogP contribution in [0.25, 0.3) is 11.3 Å². The highest BCUT2D eigenvalue weighted by atomic mass is 35.5. The Labute approximate surface area is 243 Å². The van der Waals surface area contributed by atoms with Gasteiger partial charge in [0.1, 0.15) is 23.1 Å². The lowest BCUT2D eigenvalue weighted by Crippen LogP contribution is -2.30. The van der Waals surface area contributed by atoms with Crippen LogP contribution in [0.15, 0.2) is 72.9 Å². The molecule has 2 N–H and O–H groups in total. The first-order chi connectivity index (χ1) is 19.2. The summed E-state index contributed by atoms with van der Waals surface area (Å²) >= 11 is 12.6. The molecule has 4 aromatic rings. The van der Waals surface area contributed by atoms with E-state index in [-0.39, 0.29) is 23.9 Å². The van der Waals surface area contributed by atoms with E-state index in [1.807, 2.05) is 36.5 Å². The minimum atomic E-state index is -0.984. The molecule has 0 saturated heterocycles. The van der Waals surface area contributed by atoms with Crippen molar-refractivity contribution in [2.45, 2.75) is 45.7 Å². The van der Waals surface area contributed by atoms with Gasteiger partial charge in [-0.05, 0) is 79.9 Å². The molecular formula is C31H31Cl2N3O4. The van der Waals surface area contributed by atoms with Crippen molar-refractivity contribution in [2.24, 2.45) is 0 Å². The van der Waals surface area contributed by atoms with Crippen molar-refractivity contribution in [3.63, 3.8) is 0 Å². The molecule has 3 aromatic carbocycles. The Kier molecular flexibility index (Phi) is 9.98. The molecule has 0 amide bonds. The number of ether oxygens (including phenoxy) is 1. The number of carboxylic acids is 1. The SMILES string of the molecule is CCCCn1cc(-c2ccc(Cl)cc2Cl)nc1C(Cc1ccc(Oc2ccc(C(=O)O)cc2)cc1)NCC(C)=O. The molecule has 4 rings (SSSR count). The number of halogens is 2. The van der Waals surface area contributed by atoms with Gasteiger partial charge in [0.25, 0.3) is 0 Å². The quantitative estimate of drug-likeness (QED) is 0.169. The zero-order valence-electron chi connectivity index (χ0n) is 22.4. The van der Waals surface area contributed by atoms with Crippen LogP contribution in [0.2, 0.25) is 10.0 Å². The first-order valence-electron chi connectivity index (χ1n) is 13.1. The van der Waals surface area contributed by atoms with Gasteiger partial charge in [-0.25, -0.2) is 9.78 Å². The highest BCUT2D eigenvalue weighted by molar-refractivity contribution is 6.36. The number of rotatable bonds is 13. The van der Waals surface area contributed by atoms with Gasteiger partial charge in [-0.1, -0.05) is 48.7 Å². The van der Waals surface area contributed by atoms with Gasteiger partial charge in [0.05, 0.1) is 28.9 Å². The average Bonchev–Trinajstić information content (AvgIpc) is 3.34. The Hall–Kier alpha value is -3.65. The van der Waals surface area contributed by atoms with E-state index < -0.39 is 5.97 Å². The van der Waals surface area contributed by atoms with Crippen molar-refractivity contribution in [1.29, 1.82) is 0 Å². The number of unbranched alkanes of at least 4 members (excludes halogenated alkanes) is 1. The second-order valence-corrected chi connectivity index (χ2v) is 10.4. The lowest BCUT2D eigenvalue weighted by atomic mass is 10.0. The second-order valence-electron chi connectivity index (χ2n) is 9.57. The highest BCUT2D eigenvalue weighted by Gasteiger charge is 2.21. The summed E-state index contributed by atoms with van der Waals surface area (Å²) in [7, 11) is 0. The van der Waals surface area contributed by atoms with Crippen molar-refractivity contribution < 1.29 is 19.4 Å². The standard InChI is InChI=1S/C31H31Cl2N3O4/c1-3-4-15-36-19-29(26-14-9-23(32)17-27(26)33)35-30(36)28(34-18-20(2)37)16-21-5-10-24(11-6-21)40-25-12-7-22(8-13-25)31(38)39/h5-14,17,19,28,34H,3-4,15-16,18H2,1-2H3,(H,38,39). The third kappa shape index (κ3) is 7.72. The summed E-state index contributed by atoms with van der Waals surface area (Å²) in [6.45, 7) is 4.70. The lowest BCUT2D eigenvalue weighted by molar-refractivity contribution is -0.116. The minimum Gasteiger partial charge on any atom is -0.478 e. The van der Waals surface area contributed by atoms with E-state index in [4.69, 9.17) is 38.0 Å². The molecule has 40 heavy (non-hydrogen) atoms. The maximum atomic E-state index is 11.9. The smallest absolute Gasteiger partial charge is 0.335 e. The van der Waals surface area contributed by atoms with Crippen LogP contribution in [0, 0.1) is 0 Å². The van der Waals surface area contributed by atoms with Gasteiger partial charge >= 0.3 is 5.97 Å². The van der Waals surface area contributed by atoms with Crippen LogP contribution in [-0.4, -0.2) is 33.0 Å². The van der Waals surface area contributed by atoms with Crippen LogP contribution in [-0.2, 0) is 17.8 Å². The van der Waals surface area contributed by atoms with Crippen LogP contribution >= 0.6 is 23.2 Å². The van der Waals surface area contributed by atoms with Gasteiger partial charge in [-0.2, -0.15) is 0 Å². The minimum absolute atomic E-state index is 0.0373. The van der Waals surface area contributed by atoms with Crippen LogP contribution in [0.4, 0.5) is 0 Å². The first-order valence-corrected chi connectivity index (χ1v) is 13.8. The number of hydrogen-bond acceptors (Lipinski definition) is 5. The largest absolute Gasteiger partial charge is 0.478 e. The zero-order chi connectivity index (χ0) is 28.6. The van der Waals surface area contributed by atoms with Crippen LogP contribution < -0.4 is 10.1 Å². The van der Waals surface area contributed by atoms with Crippen LogP contribution in [0.5, 0.6) is 11.5 Å². The Balaban J connectivity index is 1.59. The lowest BCUT2D eigenvalue weighted by Gasteiger charge is -2.20. The summed E-state index contributed by atoms with van der Waals surface area (Å²) in [5.74, 6) is 1.06. The number of ketones is 1. The number of carbonyl (C=O) groups is 2. The molecule has 0 aliphatic heterocycles. The molecule has 1 atom stereocenters. The maximum absolute atomic E-state index is 11.9. The maximum Gasteiger partial charge on any atom is 0.335 e. The number of benzene rings is 3. The van der Waals surface area contributed by atoms with Crippen molar-refractivity contribution in [3.8, 4) is 22.8 Å². The third-order valence-electron chi connectivity index (χ3n) is 6.38. The molecule has 0 spiro atoms. The van der Waals surface area contributed by atoms with E-state index in [0.29, 0.717) is 28.0 Å². The van der Waals surface area contributed by atoms with E-state index >= 15 is 0 Å². The molecule has 1 unspecified atom stereocenters. The van der Waals surface area contributed by atoms with Crippen molar-refractivity contribution in [1.82, 2.24) is 14.9 Å². The summed E-state index contributed by atoms with van der Waals surface area (Å²) in [4.78, 5) is 28.0. The van der Waals surface area contributed by atoms with Crippen LogP contribution in [0.3, 0.4) is 0 Å². The van der Waals surface area contributed by atoms with Gasteiger partial charge in [-0.3, -0.25) is 4.79 Å². The monoisotopic (exact) mass is 579 g/mol. The number of nitrogens with zero attached hydrogens (tertiary/aromatic N) is 2. The fourth-order valence-electron chi connectivity index (χ4n) is 4.30.